The smallest absolute Gasteiger partial charge is 0.183 e. The van der Waals surface area contributed by atoms with E-state index in [2.05, 4.69) is 0 Å². The molecule has 1 fully saturated rings. The maximum absolute atomic E-state index is 13.3. The average Bonchev–Trinajstić information content (AvgIpc) is 3.47. The standard InChI is InChI=1S/C21H25NO3S/c1-22(23)21(18-15-16-18)20(14-8-11-17-9-4-2-5-10-17)26(24,25)19-12-6-3-7-13-19/h2-13,18,20-21,23H,14-16H2,1H3/b11-8+/t20-,21-/m0/s1. The fourth-order valence-corrected chi connectivity index (χ4v) is 5.44. The maximum Gasteiger partial charge on any atom is 0.183 e. The Morgan fingerprint density at radius 3 is 2.19 bits per heavy atom. The van der Waals surface area contributed by atoms with Crippen molar-refractivity contribution in [2.45, 2.75) is 35.4 Å². The number of hydroxylamine groups is 2. The third-order valence-corrected chi connectivity index (χ3v) is 7.06. The van der Waals surface area contributed by atoms with Crippen LogP contribution in [0, 0.1) is 5.92 Å². The number of allylic oxidation sites excluding steroid dienone is 1. The maximum atomic E-state index is 13.3. The minimum absolute atomic E-state index is 0.221. The molecular weight excluding hydrogens is 346 g/mol. The van der Waals surface area contributed by atoms with E-state index in [-0.39, 0.29) is 5.92 Å². The van der Waals surface area contributed by atoms with Gasteiger partial charge >= 0.3 is 0 Å². The first-order valence-electron chi connectivity index (χ1n) is 8.92. The van der Waals surface area contributed by atoms with Gasteiger partial charge in [-0.25, -0.2) is 8.42 Å². The molecule has 0 amide bonds. The molecule has 1 N–H and O–H groups in total. The molecule has 0 aromatic heterocycles. The minimum Gasteiger partial charge on any atom is -0.314 e. The van der Waals surface area contributed by atoms with Crippen LogP contribution in [0.15, 0.2) is 71.6 Å². The van der Waals surface area contributed by atoms with Gasteiger partial charge in [-0.1, -0.05) is 60.7 Å². The normalized spacial score (nSPS) is 17.5. The molecule has 1 aliphatic carbocycles. The summed E-state index contributed by atoms with van der Waals surface area (Å²) >= 11 is 0. The molecule has 2 atom stereocenters. The number of sulfone groups is 1. The summed E-state index contributed by atoms with van der Waals surface area (Å²) in [5.74, 6) is 0.221. The molecule has 5 heteroatoms. The van der Waals surface area contributed by atoms with E-state index in [0.29, 0.717) is 11.3 Å². The fraction of sp³-hybridized carbons (Fsp3) is 0.333. The summed E-state index contributed by atoms with van der Waals surface area (Å²) in [6.07, 6.45) is 6.12. The Balaban J connectivity index is 1.90. The lowest BCUT2D eigenvalue weighted by Gasteiger charge is -2.30. The number of hydrogen-bond donors (Lipinski definition) is 1. The summed E-state index contributed by atoms with van der Waals surface area (Å²) in [6, 6.07) is 17.9. The van der Waals surface area contributed by atoms with E-state index >= 15 is 0 Å². The molecule has 0 aliphatic heterocycles. The highest BCUT2D eigenvalue weighted by Crippen LogP contribution is 2.40. The summed E-state index contributed by atoms with van der Waals surface area (Å²) in [4.78, 5) is 0.311. The lowest BCUT2D eigenvalue weighted by atomic mass is 10.0. The number of hydrogen-bond acceptors (Lipinski definition) is 4. The summed E-state index contributed by atoms with van der Waals surface area (Å²) < 4.78 is 26.6. The quantitative estimate of drug-likeness (QED) is 0.712. The van der Waals surface area contributed by atoms with Crippen molar-refractivity contribution < 1.29 is 13.6 Å². The van der Waals surface area contributed by atoms with Gasteiger partial charge < -0.3 is 5.21 Å². The summed E-state index contributed by atoms with van der Waals surface area (Å²) in [7, 11) is -2.00. The third kappa shape index (κ3) is 4.41. The van der Waals surface area contributed by atoms with Crippen molar-refractivity contribution in [2.75, 3.05) is 7.05 Å². The van der Waals surface area contributed by atoms with Crippen molar-refractivity contribution in [1.82, 2.24) is 5.06 Å². The van der Waals surface area contributed by atoms with Crippen LogP contribution in [0.2, 0.25) is 0 Å². The Morgan fingerprint density at radius 1 is 1.08 bits per heavy atom. The summed E-state index contributed by atoms with van der Waals surface area (Å²) in [5, 5.41) is 10.6. The van der Waals surface area contributed by atoms with E-state index in [0.717, 1.165) is 23.5 Å². The van der Waals surface area contributed by atoms with Crippen LogP contribution in [-0.2, 0) is 9.84 Å². The van der Waals surface area contributed by atoms with Crippen LogP contribution in [0.3, 0.4) is 0 Å². The van der Waals surface area contributed by atoms with Gasteiger partial charge in [-0.3, -0.25) is 0 Å². The van der Waals surface area contributed by atoms with Gasteiger partial charge in [-0.05, 0) is 42.9 Å². The van der Waals surface area contributed by atoms with E-state index in [1.54, 1.807) is 37.4 Å². The Bertz CT molecular complexity index is 826. The largest absolute Gasteiger partial charge is 0.314 e. The highest BCUT2D eigenvalue weighted by atomic mass is 32.2. The van der Waals surface area contributed by atoms with Gasteiger partial charge in [0.1, 0.15) is 0 Å². The van der Waals surface area contributed by atoms with Gasteiger partial charge in [-0.15, -0.1) is 0 Å². The molecule has 2 aromatic rings. The second kappa shape index (κ2) is 8.16. The van der Waals surface area contributed by atoms with Crippen molar-refractivity contribution in [3.63, 3.8) is 0 Å². The number of nitrogens with zero attached hydrogens (tertiary/aromatic N) is 1. The van der Waals surface area contributed by atoms with Crippen molar-refractivity contribution in [2.24, 2.45) is 5.92 Å². The Hall–Kier alpha value is -1.95. The lowest BCUT2D eigenvalue weighted by molar-refractivity contribution is -0.109. The molecule has 0 saturated heterocycles. The highest BCUT2D eigenvalue weighted by Gasteiger charge is 2.44. The van der Waals surface area contributed by atoms with Gasteiger partial charge in [0, 0.05) is 7.05 Å². The average molecular weight is 372 g/mol. The third-order valence-electron chi connectivity index (χ3n) is 4.87. The first-order valence-corrected chi connectivity index (χ1v) is 10.5. The van der Waals surface area contributed by atoms with Crippen LogP contribution in [0.1, 0.15) is 24.8 Å². The second-order valence-corrected chi connectivity index (χ2v) is 9.01. The molecule has 0 bridgehead atoms. The predicted molar refractivity (Wildman–Crippen MR) is 104 cm³/mol. The van der Waals surface area contributed by atoms with Gasteiger partial charge in [0.25, 0.3) is 0 Å². The predicted octanol–water partition coefficient (Wildman–Crippen LogP) is 4.03. The molecule has 0 heterocycles. The van der Waals surface area contributed by atoms with Crippen molar-refractivity contribution in [3.05, 3.63) is 72.3 Å². The van der Waals surface area contributed by atoms with E-state index in [9.17, 15) is 13.6 Å². The zero-order valence-corrected chi connectivity index (χ0v) is 15.7. The fourth-order valence-electron chi connectivity index (χ4n) is 3.42. The molecule has 0 spiro atoms. The summed E-state index contributed by atoms with van der Waals surface area (Å²) in [6.45, 7) is 0. The molecule has 26 heavy (non-hydrogen) atoms. The molecule has 1 aliphatic rings. The molecule has 0 unspecified atom stereocenters. The van der Waals surface area contributed by atoms with E-state index in [1.807, 2.05) is 42.5 Å². The van der Waals surface area contributed by atoms with E-state index < -0.39 is 21.1 Å². The van der Waals surface area contributed by atoms with Crippen LogP contribution >= 0.6 is 0 Å². The van der Waals surface area contributed by atoms with Crippen LogP contribution < -0.4 is 0 Å². The molecule has 4 nitrogen and oxygen atoms in total. The van der Waals surface area contributed by atoms with Gasteiger partial charge in [0.2, 0.25) is 0 Å². The Kier molecular flexibility index (Phi) is 5.91. The molecular formula is C21H25NO3S. The van der Waals surface area contributed by atoms with Gasteiger partial charge in [-0.2, -0.15) is 5.06 Å². The van der Waals surface area contributed by atoms with Crippen LogP contribution in [0.4, 0.5) is 0 Å². The van der Waals surface area contributed by atoms with Crippen LogP contribution in [0.25, 0.3) is 6.08 Å². The molecule has 3 rings (SSSR count). The topological polar surface area (TPSA) is 57.6 Å². The number of benzene rings is 2. The van der Waals surface area contributed by atoms with Gasteiger partial charge in [0.15, 0.2) is 9.84 Å². The van der Waals surface area contributed by atoms with Crippen molar-refractivity contribution in [1.29, 1.82) is 0 Å². The van der Waals surface area contributed by atoms with E-state index in [1.165, 1.54) is 0 Å². The lowest BCUT2D eigenvalue weighted by Crippen LogP contribution is -2.45. The van der Waals surface area contributed by atoms with Crippen molar-refractivity contribution >= 4 is 15.9 Å². The molecule has 138 valence electrons. The second-order valence-electron chi connectivity index (χ2n) is 6.85. The zero-order valence-electron chi connectivity index (χ0n) is 14.9. The van der Waals surface area contributed by atoms with E-state index in [4.69, 9.17) is 0 Å². The molecule has 0 radical (unpaired) electrons. The Labute approximate surface area is 155 Å². The highest BCUT2D eigenvalue weighted by molar-refractivity contribution is 7.92. The van der Waals surface area contributed by atoms with Crippen LogP contribution in [-0.4, -0.2) is 37.0 Å². The molecule has 2 aromatic carbocycles. The number of rotatable bonds is 8. The first-order chi connectivity index (χ1) is 12.5. The Morgan fingerprint density at radius 2 is 1.65 bits per heavy atom. The van der Waals surface area contributed by atoms with Crippen molar-refractivity contribution in [3.8, 4) is 0 Å². The van der Waals surface area contributed by atoms with Gasteiger partial charge in [0.05, 0.1) is 16.2 Å². The molecule has 1 saturated carbocycles. The van der Waals surface area contributed by atoms with Crippen LogP contribution in [0.5, 0.6) is 0 Å². The SMILES string of the molecule is CN(O)[C@@H](C1CC1)[C@H](C/C=C/c1ccccc1)S(=O)(=O)c1ccccc1. The monoisotopic (exact) mass is 371 g/mol. The zero-order chi connectivity index (χ0) is 18.6. The first kappa shape index (κ1) is 18.8. The minimum atomic E-state index is -3.56. The summed E-state index contributed by atoms with van der Waals surface area (Å²) in [5.41, 5.74) is 1.03.